The van der Waals surface area contributed by atoms with Crippen LogP contribution in [0.5, 0.6) is 0 Å². The first-order chi connectivity index (χ1) is 12.7. The van der Waals surface area contributed by atoms with Crippen LogP contribution >= 0.6 is 11.3 Å². The quantitative estimate of drug-likeness (QED) is 0.749. The zero-order valence-electron chi connectivity index (χ0n) is 14.5. The minimum atomic E-state index is -0.224. The maximum Gasteiger partial charge on any atom is 0.276 e. The van der Waals surface area contributed by atoms with Crippen molar-refractivity contribution < 1.29 is 4.79 Å². The number of aromatic nitrogens is 4. The summed E-state index contributed by atoms with van der Waals surface area (Å²) < 4.78 is 1.90. The fourth-order valence-electron chi connectivity index (χ4n) is 3.32. The lowest BCUT2D eigenvalue weighted by Crippen LogP contribution is -2.25. The number of rotatable bonds is 5. The third-order valence-electron chi connectivity index (χ3n) is 4.65. The summed E-state index contributed by atoms with van der Waals surface area (Å²) in [6.45, 7) is 1.85. The predicted molar refractivity (Wildman–Crippen MR) is 99.9 cm³/mol. The van der Waals surface area contributed by atoms with E-state index >= 15 is 0 Å². The van der Waals surface area contributed by atoms with Gasteiger partial charge in [0, 0.05) is 31.4 Å². The Bertz CT molecular complexity index is 891. The third kappa shape index (κ3) is 3.51. The summed E-state index contributed by atoms with van der Waals surface area (Å²) in [6.07, 6.45) is 5.66. The molecule has 1 saturated heterocycles. The van der Waals surface area contributed by atoms with Gasteiger partial charge in [0.05, 0.1) is 17.4 Å². The fraction of sp³-hybridized carbons (Fsp3) is 0.333. The lowest BCUT2D eigenvalue weighted by Gasteiger charge is -2.24. The van der Waals surface area contributed by atoms with Crippen LogP contribution in [0.25, 0.3) is 0 Å². The van der Waals surface area contributed by atoms with E-state index in [1.165, 1.54) is 17.0 Å². The summed E-state index contributed by atoms with van der Waals surface area (Å²) in [7, 11) is 1.96. The molecule has 4 heterocycles. The average molecular weight is 368 g/mol. The molecular weight excluding hydrogens is 348 g/mol. The fourth-order valence-corrected chi connectivity index (χ4v) is 3.85. The van der Waals surface area contributed by atoms with E-state index in [2.05, 4.69) is 25.3 Å². The van der Waals surface area contributed by atoms with Crippen LogP contribution in [0.2, 0.25) is 0 Å². The van der Waals surface area contributed by atoms with Crippen LogP contribution < -0.4 is 5.32 Å². The normalized spacial score (nSPS) is 17.5. The van der Waals surface area contributed by atoms with Crippen LogP contribution in [-0.4, -0.2) is 37.1 Å². The number of likely N-dealkylation sites (tertiary alicyclic amines) is 1. The van der Waals surface area contributed by atoms with Gasteiger partial charge in [0.1, 0.15) is 5.69 Å². The molecule has 1 atom stereocenters. The Morgan fingerprint density at radius 3 is 3.04 bits per heavy atom. The first kappa shape index (κ1) is 16.9. The number of pyridine rings is 1. The van der Waals surface area contributed by atoms with E-state index in [4.69, 9.17) is 0 Å². The van der Waals surface area contributed by atoms with Gasteiger partial charge in [-0.2, -0.15) is 5.10 Å². The van der Waals surface area contributed by atoms with Crippen molar-refractivity contribution in [2.45, 2.75) is 25.4 Å². The smallest absolute Gasteiger partial charge is 0.276 e. The van der Waals surface area contributed by atoms with E-state index in [1.54, 1.807) is 12.3 Å². The molecule has 7 nitrogen and oxygen atoms in total. The summed E-state index contributed by atoms with van der Waals surface area (Å²) in [6, 6.07) is 7.91. The maximum atomic E-state index is 12.4. The SMILES string of the molecule is Cn1nccc1CN1CCCC1c1cccc(C(=O)Nc2nccs2)n1. The molecule has 1 unspecified atom stereocenters. The molecule has 0 radical (unpaired) electrons. The van der Waals surface area contributed by atoms with Crippen molar-refractivity contribution in [2.24, 2.45) is 7.05 Å². The molecule has 134 valence electrons. The number of nitrogens with one attached hydrogen (secondary N) is 1. The minimum absolute atomic E-state index is 0.220. The molecule has 3 aromatic rings. The summed E-state index contributed by atoms with van der Waals surface area (Å²) in [4.78, 5) is 23.6. The van der Waals surface area contributed by atoms with Crippen molar-refractivity contribution in [2.75, 3.05) is 11.9 Å². The second-order valence-corrected chi connectivity index (χ2v) is 7.21. The minimum Gasteiger partial charge on any atom is -0.296 e. The van der Waals surface area contributed by atoms with Crippen LogP contribution in [0.4, 0.5) is 5.13 Å². The van der Waals surface area contributed by atoms with E-state index in [1.807, 2.05) is 41.5 Å². The Hall–Kier alpha value is -2.58. The highest BCUT2D eigenvalue weighted by molar-refractivity contribution is 7.13. The van der Waals surface area contributed by atoms with E-state index in [-0.39, 0.29) is 11.9 Å². The largest absolute Gasteiger partial charge is 0.296 e. The van der Waals surface area contributed by atoms with E-state index in [9.17, 15) is 4.79 Å². The molecule has 8 heteroatoms. The molecular formula is C18H20N6OS. The van der Waals surface area contributed by atoms with Gasteiger partial charge < -0.3 is 0 Å². The highest BCUT2D eigenvalue weighted by Gasteiger charge is 2.28. The number of carbonyl (C=O) groups is 1. The van der Waals surface area contributed by atoms with Crippen LogP contribution in [-0.2, 0) is 13.6 Å². The van der Waals surface area contributed by atoms with Gasteiger partial charge >= 0.3 is 0 Å². The summed E-state index contributed by atoms with van der Waals surface area (Å²) in [5, 5.41) is 9.45. The van der Waals surface area contributed by atoms with Crippen LogP contribution in [0.1, 0.15) is 40.8 Å². The van der Waals surface area contributed by atoms with Crippen molar-refractivity contribution in [1.29, 1.82) is 0 Å². The van der Waals surface area contributed by atoms with Gasteiger partial charge in [0.15, 0.2) is 5.13 Å². The van der Waals surface area contributed by atoms with E-state index in [0.717, 1.165) is 31.6 Å². The van der Waals surface area contributed by atoms with Crippen molar-refractivity contribution in [3.63, 3.8) is 0 Å². The Labute approximate surface area is 155 Å². The van der Waals surface area contributed by atoms with Crippen molar-refractivity contribution in [3.05, 3.63) is 59.1 Å². The molecule has 4 rings (SSSR count). The highest BCUT2D eigenvalue weighted by atomic mass is 32.1. The van der Waals surface area contributed by atoms with Crippen LogP contribution in [0.3, 0.4) is 0 Å². The number of carbonyl (C=O) groups excluding carboxylic acids is 1. The average Bonchev–Trinajstić information content (AvgIpc) is 3.39. The van der Waals surface area contributed by atoms with E-state index in [0.29, 0.717) is 10.8 Å². The zero-order valence-corrected chi connectivity index (χ0v) is 15.3. The van der Waals surface area contributed by atoms with Gasteiger partial charge in [-0.1, -0.05) is 6.07 Å². The van der Waals surface area contributed by atoms with E-state index < -0.39 is 0 Å². The predicted octanol–water partition coefficient (Wildman–Crippen LogP) is 2.86. The molecule has 3 aromatic heterocycles. The second-order valence-electron chi connectivity index (χ2n) is 6.31. The molecule has 1 N–H and O–H groups in total. The van der Waals surface area contributed by atoms with Crippen LogP contribution in [0, 0.1) is 0 Å². The summed E-state index contributed by atoms with van der Waals surface area (Å²) in [5.41, 5.74) is 2.54. The van der Waals surface area contributed by atoms with Gasteiger partial charge in [-0.05, 0) is 37.6 Å². The monoisotopic (exact) mass is 368 g/mol. The van der Waals surface area contributed by atoms with Crippen molar-refractivity contribution >= 4 is 22.4 Å². The molecule has 26 heavy (non-hydrogen) atoms. The summed E-state index contributed by atoms with van der Waals surface area (Å²) >= 11 is 1.39. The number of hydrogen-bond acceptors (Lipinski definition) is 6. The van der Waals surface area contributed by atoms with Crippen LogP contribution in [0.15, 0.2) is 42.0 Å². The standard InChI is InChI=1S/C18H20N6OS/c1-23-13(7-8-20-23)12-24-10-3-6-16(24)14-4-2-5-15(21-14)17(25)22-18-19-9-11-26-18/h2,4-5,7-9,11,16H,3,6,10,12H2,1H3,(H,19,22,25). The first-order valence-corrected chi connectivity index (χ1v) is 9.47. The number of aryl methyl sites for hydroxylation is 1. The van der Waals surface area contributed by atoms with Gasteiger partial charge in [-0.25, -0.2) is 9.97 Å². The molecule has 0 spiro atoms. The second kappa shape index (κ2) is 7.35. The maximum absolute atomic E-state index is 12.4. The van der Waals surface area contributed by atoms with Crippen molar-refractivity contribution in [3.8, 4) is 0 Å². The Kier molecular flexibility index (Phi) is 4.77. The Morgan fingerprint density at radius 2 is 2.27 bits per heavy atom. The van der Waals surface area contributed by atoms with Crippen molar-refractivity contribution in [1.82, 2.24) is 24.6 Å². The summed E-state index contributed by atoms with van der Waals surface area (Å²) in [5.74, 6) is -0.224. The number of amides is 1. The zero-order chi connectivity index (χ0) is 17.9. The number of anilines is 1. The molecule has 1 amide bonds. The number of thiazole rings is 1. The molecule has 0 saturated carbocycles. The Balaban J connectivity index is 1.51. The molecule has 1 fully saturated rings. The van der Waals surface area contributed by atoms with Gasteiger partial charge in [-0.15, -0.1) is 11.3 Å². The molecule has 0 bridgehead atoms. The lowest BCUT2D eigenvalue weighted by atomic mass is 10.1. The molecule has 0 aromatic carbocycles. The van der Waals surface area contributed by atoms with Gasteiger partial charge in [0.25, 0.3) is 5.91 Å². The Morgan fingerprint density at radius 1 is 1.35 bits per heavy atom. The molecule has 1 aliphatic heterocycles. The highest BCUT2D eigenvalue weighted by Crippen LogP contribution is 2.32. The number of nitrogens with zero attached hydrogens (tertiary/aromatic N) is 5. The van der Waals surface area contributed by atoms with Gasteiger partial charge in [0.2, 0.25) is 0 Å². The first-order valence-electron chi connectivity index (χ1n) is 8.59. The van der Waals surface area contributed by atoms with Gasteiger partial charge in [-0.3, -0.25) is 19.7 Å². The molecule has 1 aliphatic rings. The third-order valence-corrected chi connectivity index (χ3v) is 5.34. The lowest BCUT2D eigenvalue weighted by molar-refractivity contribution is 0.102. The number of hydrogen-bond donors (Lipinski definition) is 1. The topological polar surface area (TPSA) is 75.9 Å². The molecule has 0 aliphatic carbocycles.